The Hall–Kier alpha value is -4.76. The van der Waals surface area contributed by atoms with E-state index in [4.69, 9.17) is 0 Å². The molecule has 0 amide bonds. The Morgan fingerprint density at radius 3 is 0.975 bits per heavy atom. The van der Waals surface area contributed by atoms with Crippen LogP contribution in [-0.2, 0) is 11.2 Å². The number of benzene rings is 6. The quantitative estimate of drug-likeness (QED) is 0.250. The van der Waals surface area contributed by atoms with E-state index in [1.165, 1.54) is 0 Å². The van der Waals surface area contributed by atoms with Crippen molar-refractivity contribution >= 4 is 0 Å². The lowest BCUT2D eigenvalue weighted by Crippen LogP contribution is -2.44. The maximum absolute atomic E-state index is 12.9. The number of rotatable bonds is 4. The summed E-state index contributed by atoms with van der Waals surface area (Å²) >= 11 is 0. The van der Waals surface area contributed by atoms with Crippen molar-refractivity contribution in [2.75, 3.05) is 0 Å². The minimum absolute atomic E-state index is 0.669. The highest BCUT2D eigenvalue weighted by atomic mass is 16.3. The Balaban J connectivity index is 1.66. The van der Waals surface area contributed by atoms with E-state index in [1.54, 1.807) is 0 Å². The molecule has 2 N–H and O–H groups in total. The molecule has 192 valence electrons. The SMILES string of the molecule is O[C@]1(c2ccccc2)c2ccccc2[C@](O)(c2ccccc2)c2cc(-c3ccccc3)c(-c3ccccc3)cc21. The summed E-state index contributed by atoms with van der Waals surface area (Å²) in [6.07, 6.45) is 0. The molecule has 0 saturated carbocycles. The topological polar surface area (TPSA) is 40.5 Å². The van der Waals surface area contributed by atoms with Gasteiger partial charge in [-0.15, -0.1) is 0 Å². The van der Waals surface area contributed by atoms with Crippen molar-refractivity contribution in [2.24, 2.45) is 0 Å². The molecule has 0 saturated heterocycles. The molecule has 0 bridgehead atoms. The molecule has 6 aromatic carbocycles. The third kappa shape index (κ3) is 3.58. The van der Waals surface area contributed by atoms with Crippen LogP contribution in [0.1, 0.15) is 33.4 Å². The van der Waals surface area contributed by atoms with Gasteiger partial charge in [0.1, 0.15) is 11.2 Å². The van der Waals surface area contributed by atoms with Crippen LogP contribution in [0, 0.1) is 0 Å². The highest BCUT2D eigenvalue weighted by Gasteiger charge is 2.51. The van der Waals surface area contributed by atoms with E-state index in [2.05, 4.69) is 36.4 Å². The van der Waals surface area contributed by atoms with Crippen LogP contribution in [0.2, 0.25) is 0 Å². The van der Waals surface area contributed by atoms with E-state index in [9.17, 15) is 10.2 Å². The van der Waals surface area contributed by atoms with E-state index in [0.717, 1.165) is 33.4 Å². The first-order valence-corrected chi connectivity index (χ1v) is 13.6. The molecule has 0 spiro atoms. The fraction of sp³-hybridized carbons (Fsp3) is 0.0526. The molecule has 0 aliphatic heterocycles. The van der Waals surface area contributed by atoms with Gasteiger partial charge in [-0.05, 0) is 56.6 Å². The summed E-state index contributed by atoms with van der Waals surface area (Å²) < 4.78 is 0. The number of hydrogen-bond acceptors (Lipinski definition) is 2. The lowest BCUT2D eigenvalue weighted by atomic mass is 9.62. The zero-order valence-electron chi connectivity index (χ0n) is 21.9. The first kappa shape index (κ1) is 24.3. The summed E-state index contributed by atoms with van der Waals surface area (Å²) in [6, 6.07) is 52.0. The monoisotopic (exact) mass is 516 g/mol. The second-order valence-electron chi connectivity index (χ2n) is 10.4. The lowest BCUT2D eigenvalue weighted by molar-refractivity contribution is 0.0749. The smallest absolute Gasteiger partial charge is 0.141 e. The summed E-state index contributed by atoms with van der Waals surface area (Å²) in [5.41, 5.74) is 5.31. The van der Waals surface area contributed by atoms with Crippen molar-refractivity contribution < 1.29 is 10.2 Å². The Labute approximate surface area is 234 Å². The van der Waals surface area contributed by atoms with Gasteiger partial charge < -0.3 is 10.2 Å². The maximum Gasteiger partial charge on any atom is 0.141 e. The van der Waals surface area contributed by atoms with Crippen LogP contribution >= 0.6 is 0 Å². The van der Waals surface area contributed by atoms with E-state index >= 15 is 0 Å². The summed E-state index contributed by atoms with van der Waals surface area (Å²) in [4.78, 5) is 0. The average molecular weight is 517 g/mol. The van der Waals surface area contributed by atoms with Crippen LogP contribution in [0.5, 0.6) is 0 Å². The second kappa shape index (κ2) is 9.46. The Kier molecular flexibility index (Phi) is 5.74. The molecule has 2 nitrogen and oxygen atoms in total. The molecule has 40 heavy (non-hydrogen) atoms. The van der Waals surface area contributed by atoms with Crippen molar-refractivity contribution in [3.8, 4) is 22.3 Å². The molecule has 7 rings (SSSR count). The van der Waals surface area contributed by atoms with Gasteiger partial charge in [-0.3, -0.25) is 0 Å². The van der Waals surface area contributed by atoms with E-state index in [1.807, 2.05) is 121 Å². The summed E-state index contributed by atoms with van der Waals surface area (Å²) in [5.74, 6) is 0. The van der Waals surface area contributed by atoms with E-state index in [0.29, 0.717) is 22.3 Å². The molecule has 0 fully saturated rings. The van der Waals surface area contributed by atoms with E-state index < -0.39 is 11.2 Å². The Morgan fingerprint density at radius 2 is 0.625 bits per heavy atom. The third-order valence-electron chi connectivity index (χ3n) is 8.20. The molecule has 0 radical (unpaired) electrons. The number of hydrogen-bond donors (Lipinski definition) is 2. The van der Waals surface area contributed by atoms with Gasteiger partial charge in [0.05, 0.1) is 0 Å². The number of aliphatic hydroxyl groups is 2. The molecule has 0 aromatic heterocycles. The van der Waals surface area contributed by atoms with Crippen LogP contribution in [0.4, 0.5) is 0 Å². The largest absolute Gasteiger partial charge is 0.376 e. The normalized spacial score (nSPS) is 19.4. The first-order chi connectivity index (χ1) is 19.6. The zero-order valence-corrected chi connectivity index (χ0v) is 21.9. The minimum Gasteiger partial charge on any atom is -0.376 e. The van der Waals surface area contributed by atoms with Gasteiger partial charge in [-0.25, -0.2) is 0 Å². The van der Waals surface area contributed by atoms with Gasteiger partial charge in [0.15, 0.2) is 0 Å². The standard InChI is InChI=1S/C38H28O2/c39-37(29-19-9-3-10-20-29)33-23-13-14-24-34(33)38(40,30-21-11-4-12-22-30)36-26-32(28-17-7-2-8-18-28)31(25-35(36)37)27-15-5-1-6-16-27/h1-26,39-40H/t37-,38-/m1/s1. The Bertz CT molecular complexity index is 1660. The molecule has 0 unspecified atom stereocenters. The van der Waals surface area contributed by atoms with Gasteiger partial charge >= 0.3 is 0 Å². The average Bonchev–Trinajstić information content (AvgIpc) is 3.05. The fourth-order valence-corrected chi connectivity index (χ4v) is 6.30. The molecule has 2 atom stereocenters. The molecule has 1 aliphatic carbocycles. The summed E-state index contributed by atoms with van der Waals surface area (Å²) in [6.45, 7) is 0. The van der Waals surface area contributed by atoms with Crippen molar-refractivity contribution in [3.05, 3.63) is 191 Å². The predicted octanol–water partition coefficient (Wildman–Crippen LogP) is 7.90. The van der Waals surface area contributed by atoms with E-state index in [-0.39, 0.29) is 0 Å². The molecule has 2 heteroatoms. The van der Waals surface area contributed by atoms with Gasteiger partial charge in [-0.1, -0.05) is 146 Å². The maximum atomic E-state index is 12.9. The minimum atomic E-state index is -1.48. The van der Waals surface area contributed by atoms with Gasteiger partial charge in [0.2, 0.25) is 0 Å². The molecule has 6 aromatic rings. The Morgan fingerprint density at radius 1 is 0.325 bits per heavy atom. The lowest BCUT2D eigenvalue weighted by Gasteiger charge is -2.45. The van der Waals surface area contributed by atoms with Gasteiger partial charge in [-0.2, -0.15) is 0 Å². The predicted molar refractivity (Wildman–Crippen MR) is 161 cm³/mol. The summed E-state index contributed by atoms with van der Waals surface area (Å²) in [7, 11) is 0. The van der Waals surface area contributed by atoms with Crippen molar-refractivity contribution in [1.29, 1.82) is 0 Å². The molecular weight excluding hydrogens is 488 g/mol. The highest BCUT2D eigenvalue weighted by Crippen LogP contribution is 2.55. The van der Waals surface area contributed by atoms with Crippen molar-refractivity contribution in [3.63, 3.8) is 0 Å². The second-order valence-corrected chi connectivity index (χ2v) is 10.4. The van der Waals surface area contributed by atoms with Gasteiger partial charge in [0, 0.05) is 11.1 Å². The van der Waals surface area contributed by atoms with Crippen molar-refractivity contribution in [1.82, 2.24) is 0 Å². The first-order valence-electron chi connectivity index (χ1n) is 13.6. The highest BCUT2D eigenvalue weighted by molar-refractivity contribution is 5.86. The number of fused-ring (bicyclic) bond motifs is 2. The zero-order chi connectivity index (χ0) is 27.2. The summed E-state index contributed by atoms with van der Waals surface area (Å²) in [5, 5.41) is 25.9. The molecule has 1 aliphatic rings. The van der Waals surface area contributed by atoms with Crippen LogP contribution in [0.25, 0.3) is 22.3 Å². The van der Waals surface area contributed by atoms with Gasteiger partial charge in [0.25, 0.3) is 0 Å². The van der Waals surface area contributed by atoms with Crippen molar-refractivity contribution in [2.45, 2.75) is 11.2 Å². The van der Waals surface area contributed by atoms with Crippen LogP contribution in [0.15, 0.2) is 158 Å². The van der Waals surface area contributed by atoms with Crippen LogP contribution in [0.3, 0.4) is 0 Å². The molecule has 0 heterocycles. The third-order valence-corrected chi connectivity index (χ3v) is 8.20. The fourth-order valence-electron chi connectivity index (χ4n) is 6.30. The molecular formula is C38H28O2. The van der Waals surface area contributed by atoms with Crippen LogP contribution < -0.4 is 0 Å². The van der Waals surface area contributed by atoms with Crippen LogP contribution in [-0.4, -0.2) is 10.2 Å².